The van der Waals surface area contributed by atoms with E-state index in [2.05, 4.69) is 48.0 Å². The van der Waals surface area contributed by atoms with Crippen molar-refractivity contribution in [2.24, 2.45) is 0 Å². The number of benzene rings is 1. The van der Waals surface area contributed by atoms with Crippen molar-refractivity contribution in [3.05, 3.63) is 29.8 Å². The molecule has 90 valence electrons. The molecule has 16 heavy (non-hydrogen) atoms. The Kier molecular flexibility index (Phi) is 5.89. The van der Waals surface area contributed by atoms with Gasteiger partial charge in [-0.25, -0.2) is 0 Å². The van der Waals surface area contributed by atoms with Gasteiger partial charge in [0.05, 0.1) is 6.61 Å². The largest absolute Gasteiger partial charge is 0.494 e. The molecule has 0 saturated heterocycles. The number of rotatable bonds is 6. The summed E-state index contributed by atoms with van der Waals surface area (Å²) >= 11 is 3.77. The van der Waals surface area contributed by atoms with E-state index >= 15 is 0 Å². The Hall–Kier alpha value is -0.500. The fraction of sp³-hybridized carbons (Fsp3) is 0.571. The number of ether oxygens (including phenoxy) is 1. The van der Waals surface area contributed by atoms with E-state index < -0.39 is 0 Å². The zero-order chi connectivity index (χ0) is 12.0. The molecular weight excluding hydrogens is 264 g/mol. The minimum absolute atomic E-state index is 0.489. The molecule has 0 aliphatic rings. The molecule has 0 bridgehead atoms. The SMILES string of the molecule is CCCC(Br)C(C)c1ccccc1OCC. The van der Waals surface area contributed by atoms with Gasteiger partial charge in [0, 0.05) is 4.83 Å². The second kappa shape index (κ2) is 6.95. The summed E-state index contributed by atoms with van der Waals surface area (Å²) in [6.07, 6.45) is 2.40. The van der Waals surface area contributed by atoms with Crippen LogP contribution in [-0.4, -0.2) is 11.4 Å². The molecule has 0 fully saturated rings. The Labute approximate surface area is 107 Å². The molecule has 0 radical (unpaired) electrons. The highest BCUT2D eigenvalue weighted by Crippen LogP contribution is 2.33. The van der Waals surface area contributed by atoms with Crippen LogP contribution in [0.2, 0.25) is 0 Å². The van der Waals surface area contributed by atoms with Gasteiger partial charge in [-0.05, 0) is 30.9 Å². The molecule has 2 heteroatoms. The summed E-state index contributed by atoms with van der Waals surface area (Å²) in [5.41, 5.74) is 1.31. The maximum Gasteiger partial charge on any atom is 0.122 e. The highest BCUT2D eigenvalue weighted by Gasteiger charge is 2.18. The second-order valence-corrected chi connectivity index (χ2v) is 5.24. The van der Waals surface area contributed by atoms with Crippen molar-refractivity contribution in [3.8, 4) is 5.75 Å². The molecule has 2 atom stereocenters. The van der Waals surface area contributed by atoms with E-state index in [9.17, 15) is 0 Å². The molecule has 0 amide bonds. The van der Waals surface area contributed by atoms with Gasteiger partial charge in [0.25, 0.3) is 0 Å². The smallest absolute Gasteiger partial charge is 0.122 e. The van der Waals surface area contributed by atoms with Crippen LogP contribution in [0.1, 0.15) is 45.1 Å². The molecular formula is C14H21BrO. The minimum Gasteiger partial charge on any atom is -0.494 e. The zero-order valence-corrected chi connectivity index (χ0v) is 12.0. The summed E-state index contributed by atoms with van der Waals surface area (Å²) in [6.45, 7) is 7.23. The second-order valence-electron chi connectivity index (χ2n) is 4.06. The van der Waals surface area contributed by atoms with E-state index in [0.29, 0.717) is 10.7 Å². The monoisotopic (exact) mass is 284 g/mol. The zero-order valence-electron chi connectivity index (χ0n) is 10.4. The number of hydrogen-bond acceptors (Lipinski definition) is 1. The first kappa shape index (κ1) is 13.6. The lowest BCUT2D eigenvalue weighted by Gasteiger charge is -2.21. The number of para-hydroxylation sites is 1. The summed E-state index contributed by atoms with van der Waals surface area (Å²) in [6, 6.07) is 8.34. The van der Waals surface area contributed by atoms with E-state index in [1.165, 1.54) is 18.4 Å². The number of alkyl halides is 1. The van der Waals surface area contributed by atoms with Gasteiger partial charge >= 0.3 is 0 Å². The Bertz CT molecular complexity index is 311. The third kappa shape index (κ3) is 3.51. The Morgan fingerprint density at radius 1 is 1.25 bits per heavy atom. The van der Waals surface area contributed by atoms with Crippen molar-refractivity contribution in [2.75, 3.05) is 6.61 Å². The third-order valence-electron chi connectivity index (χ3n) is 2.82. The summed E-state index contributed by atoms with van der Waals surface area (Å²) in [5, 5.41) is 0. The van der Waals surface area contributed by atoms with Gasteiger partial charge in [0.2, 0.25) is 0 Å². The van der Waals surface area contributed by atoms with Gasteiger partial charge in [-0.2, -0.15) is 0 Å². The van der Waals surface area contributed by atoms with Crippen LogP contribution >= 0.6 is 15.9 Å². The topological polar surface area (TPSA) is 9.23 Å². The van der Waals surface area contributed by atoms with E-state index in [4.69, 9.17) is 4.74 Å². The summed E-state index contributed by atoms with van der Waals surface area (Å²) < 4.78 is 5.67. The minimum atomic E-state index is 0.489. The lowest BCUT2D eigenvalue weighted by Crippen LogP contribution is -2.10. The number of hydrogen-bond donors (Lipinski definition) is 0. The molecule has 1 aromatic carbocycles. The van der Waals surface area contributed by atoms with Crippen LogP contribution in [-0.2, 0) is 0 Å². The van der Waals surface area contributed by atoms with Crippen molar-refractivity contribution in [1.82, 2.24) is 0 Å². The third-order valence-corrected chi connectivity index (χ3v) is 4.07. The standard InChI is InChI=1S/C14H21BrO/c1-4-8-13(15)11(3)12-9-6-7-10-14(12)16-5-2/h6-7,9-11,13H,4-5,8H2,1-3H3. The predicted octanol–water partition coefficient (Wildman–Crippen LogP) is 4.75. The lowest BCUT2D eigenvalue weighted by atomic mass is 9.94. The maximum atomic E-state index is 5.67. The molecule has 0 heterocycles. The Morgan fingerprint density at radius 3 is 2.56 bits per heavy atom. The van der Waals surface area contributed by atoms with Crippen LogP contribution in [0.15, 0.2) is 24.3 Å². The van der Waals surface area contributed by atoms with Gasteiger partial charge in [-0.15, -0.1) is 0 Å². The molecule has 0 spiro atoms. The highest BCUT2D eigenvalue weighted by atomic mass is 79.9. The van der Waals surface area contributed by atoms with E-state index in [1.807, 2.05) is 13.0 Å². The first-order valence-corrected chi connectivity index (χ1v) is 6.98. The average molecular weight is 285 g/mol. The summed E-state index contributed by atoms with van der Waals surface area (Å²) in [7, 11) is 0. The van der Waals surface area contributed by atoms with Gasteiger partial charge in [-0.3, -0.25) is 0 Å². The van der Waals surface area contributed by atoms with E-state index in [1.54, 1.807) is 0 Å². The normalized spacial score (nSPS) is 14.5. The molecule has 0 aliphatic heterocycles. The Morgan fingerprint density at radius 2 is 1.94 bits per heavy atom. The molecule has 0 saturated carbocycles. The molecule has 1 aromatic rings. The van der Waals surface area contributed by atoms with Gasteiger partial charge in [-0.1, -0.05) is 54.4 Å². The van der Waals surface area contributed by atoms with Crippen LogP contribution < -0.4 is 4.74 Å². The van der Waals surface area contributed by atoms with Crippen molar-refractivity contribution < 1.29 is 4.74 Å². The fourth-order valence-electron chi connectivity index (χ4n) is 1.86. The lowest BCUT2D eigenvalue weighted by molar-refractivity contribution is 0.334. The average Bonchev–Trinajstić information content (AvgIpc) is 2.29. The first-order valence-electron chi connectivity index (χ1n) is 6.06. The summed E-state index contributed by atoms with van der Waals surface area (Å²) in [4.78, 5) is 0.527. The molecule has 1 nitrogen and oxygen atoms in total. The molecule has 1 rings (SSSR count). The van der Waals surface area contributed by atoms with Crippen LogP contribution in [0.25, 0.3) is 0 Å². The van der Waals surface area contributed by atoms with Gasteiger partial charge in [0.15, 0.2) is 0 Å². The number of halogens is 1. The van der Waals surface area contributed by atoms with E-state index in [-0.39, 0.29) is 0 Å². The van der Waals surface area contributed by atoms with Gasteiger partial charge in [0.1, 0.15) is 5.75 Å². The van der Waals surface area contributed by atoms with Crippen LogP contribution in [0.5, 0.6) is 5.75 Å². The van der Waals surface area contributed by atoms with Gasteiger partial charge < -0.3 is 4.74 Å². The fourth-order valence-corrected chi connectivity index (χ4v) is 2.61. The Balaban J connectivity index is 2.84. The van der Waals surface area contributed by atoms with Crippen LogP contribution in [0.4, 0.5) is 0 Å². The van der Waals surface area contributed by atoms with Crippen molar-refractivity contribution in [1.29, 1.82) is 0 Å². The first-order chi connectivity index (χ1) is 7.70. The molecule has 0 aromatic heterocycles. The molecule has 2 unspecified atom stereocenters. The van der Waals surface area contributed by atoms with Crippen LogP contribution in [0.3, 0.4) is 0 Å². The molecule has 0 N–H and O–H groups in total. The maximum absolute atomic E-state index is 5.67. The van der Waals surface area contributed by atoms with Crippen molar-refractivity contribution in [3.63, 3.8) is 0 Å². The summed E-state index contributed by atoms with van der Waals surface area (Å²) in [5.74, 6) is 1.51. The highest BCUT2D eigenvalue weighted by molar-refractivity contribution is 9.09. The van der Waals surface area contributed by atoms with Crippen molar-refractivity contribution in [2.45, 2.75) is 44.4 Å². The predicted molar refractivity (Wildman–Crippen MR) is 73.6 cm³/mol. The van der Waals surface area contributed by atoms with Crippen LogP contribution in [0, 0.1) is 0 Å². The van der Waals surface area contributed by atoms with Crippen molar-refractivity contribution >= 4 is 15.9 Å². The van der Waals surface area contributed by atoms with E-state index in [0.717, 1.165) is 12.4 Å². The molecule has 0 aliphatic carbocycles. The quantitative estimate of drug-likeness (QED) is 0.685.